The summed E-state index contributed by atoms with van der Waals surface area (Å²) in [5.74, 6) is -2.13. The second kappa shape index (κ2) is 8.24. The molecule has 144 valence electrons. The summed E-state index contributed by atoms with van der Waals surface area (Å²) >= 11 is 6.63. The molecule has 0 N–H and O–H groups in total. The molecule has 0 amide bonds. The lowest BCUT2D eigenvalue weighted by atomic mass is 10.1. The summed E-state index contributed by atoms with van der Waals surface area (Å²) in [6.07, 6.45) is 0. The summed E-state index contributed by atoms with van der Waals surface area (Å²) in [4.78, 5) is 25.1. The van der Waals surface area contributed by atoms with Crippen LogP contribution >= 0.6 is 31.9 Å². The molecule has 2 aromatic carbocycles. The van der Waals surface area contributed by atoms with Crippen molar-refractivity contribution in [1.82, 2.24) is 9.78 Å². The van der Waals surface area contributed by atoms with E-state index in [2.05, 4.69) is 37.0 Å². The minimum Gasteiger partial charge on any atom is -0.465 e. The molecule has 0 aliphatic rings. The molecule has 0 atom stereocenters. The van der Waals surface area contributed by atoms with Crippen LogP contribution in [0.2, 0.25) is 0 Å². The van der Waals surface area contributed by atoms with Gasteiger partial charge in [-0.05, 0) is 56.1 Å². The Balaban J connectivity index is 2.43. The molecular formula is C19H13Br2FN2O4. The number of halogens is 3. The molecule has 3 aromatic rings. The number of ether oxygens (including phenoxy) is 2. The molecule has 0 aliphatic carbocycles. The third-order valence-electron chi connectivity index (χ3n) is 3.90. The van der Waals surface area contributed by atoms with E-state index in [-0.39, 0.29) is 22.5 Å². The number of para-hydroxylation sites is 1. The zero-order valence-electron chi connectivity index (χ0n) is 14.7. The van der Waals surface area contributed by atoms with Gasteiger partial charge in [0.05, 0.1) is 19.9 Å². The Morgan fingerprint density at radius 3 is 2.29 bits per heavy atom. The first-order valence-electron chi connectivity index (χ1n) is 7.89. The van der Waals surface area contributed by atoms with E-state index in [0.29, 0.717) is 14.6 Å². The van der Waals surface area contributed by atoms with E-state index in [9.17, 15) is 14.0 Å². The SMILES string of the molecule is COC(=O)c1c(-c2cc(F)cc(Br)c2Br)nn(-c2ccccc2)c1C(=O)OC. The number of hydrogen-bond donors (Lipinski definition) is 0. The molecule has 0 fully saturated rings. The van der Waals surface area contributed by atoms with Crippen LogP contribution in [0.1, 0.15) is 20.8 Å². The Labute approximate surface area is 176 Å². The molecule has 1 aromatic heterocycles. The van der Waals surface area contributed by atoms with Gasteiger partial charge in [-0.15, -0.1) is 0 Å². The topological polar surface area (TPSA) is 70.4 Å². The molecule has 0 saturated heterocycles. The Hall–Kier alpha value is -2.52. The summed E-state index contributed by atoms with van der Waals surface area (Å²) in [7, 11) is 2.38. The van der Waals surface area contributed by atoms with E-state index in [4.69, 9.17) is 9.47 Å². The van der Waals surface area contributed by atoms with Crippen LogP contribution in [0.3, 0.4) is 0 Å². The molecule has 28 heavy (non-hydrogen) atoms. The van der Waals surface area contributed by atoms with Crippen molar-refractivity contribution in [3.8, 4) is 16.9 Å². The van der Waals surface area contributed by atoms with E-state index in [1.807, 2.05) is 0 Å². The fraction of sp³-hybridized carbons (Fsp3) is 0.105. The van der Waals surface area contributed by atoms with E-state index in [1.54, 1.807) is 30.3 Å². The molecule has 0 unspecified atom stereocenters. The van der Waals surface area contributed by atoms with Crippen LogP contribution in [0.15, 0.2) is 51.4 Å². The lowest BCUT2D eigenvalue weighted by Crippen LogP contribution is -2.15. The predicted molar refractivity (Wildman–Crippen MR) is 107 cm³/mol. The van der Waals surface area contributed by atoms with Gasteiger partial charge >= 0.3 is 11.9 Å². The van der Waals surface area contributed by atoms with Crippen LogP contribution < -0.4 is 0 Å². The maximum absolute atomic E-state index is 14.1. The van der Waals surface area contributed by atoms with Crippen LogP contribution in [-0.2, 0) is 9.47 Å². The molecule has 0 saturated carbocycles. The Bertz CT molecular complexity index is 1070. The van der Waals surface area contributed by atoms with Crippen molar-refractivity contribution in [2.75, 3.05) is 14.2 Å². The minimum absolute atomic E-state index is 0.0724. The first-order chi connectivity index (χ1) is 13.4. The van der Waals surface area contributed by atoms with Crippen molar-refractivity contribution in [2.45, 2.75) is 0 Å². The number of rotatable bonds is 4. The number of hydrogen-bond acceptors (Lipinski definition) is 5. The highest BCUT2D eigenvalue weighted by molar-refractivity contribution is 9.13. The van der Waals surface area contributed by atoms with E-state index < -0.39 is 17.8 Å². The predicted octanol–water partition coefficient (Wildman–Crippen LogP) is 4.78. The van der Waals surface area contributed by atoms with Crippen LogP contribution in [-0.4, -0.2) is 35.9 Å². The van der Waals surface area contributed by atoms with Gasteiger partial charge in [0.2, 0.25) is 0 Å². The number of carbonyl (C=O) groups is 2. The summed E-state index contributed by atoms with van der Waals surface area (Å²) in [5.41, 5.74) is 0.611. The molecule has 0 spiro atoms. The average Bonchev–Trinajstić information content (AvgIpc) is 3.10. The lowest BCUT2D eigenvalue weighted by Gasteiger charge is -2.07. The number of esters is 2. The first-order valence-corrected chi connectivity index (χ1v) is 9.47. The fourth-order valence-electron chi connectivity index (χ4n) is 2.67. The van der Waals surface area contributed by atoms with Crippen molar-refractivity contribution in [3.63, 3.8) is 0 Å². The average molecular weight is 512 g/mol. The number of benzene rings is 2. The Kier molecular flexibility index (Phi) is 5.95. The zero-order valence-corrected chi connectivity index (χ0v) is 17.9. The third kappa shape index (κ3) is 3.59. The van der Waals surface area contributed by atoms with E-state index in [0.717, 1.165) is 0 Å². The molecule has 3 rings (SSSR count). The third-order valence-corrected chi connectivity index (χ3v) is 5.91. The number of methoxy groups -OCH3 is 2. The molecule has 6 nitrogen and oxygen atoms in total. The van der Waals surface area contributed by atoms with Crippen molar-refractivity contribution in [2.24, 2.45) is 0 Å². The van der Waals surface area contributed by atoms with Gasteiger partial charge in [-0.3, -0.25) is 0 Å². The molecule has 0 bridgehead atoms. The summed E-state index contributed by atoms with van der Waals surface area (Å²) in [5, 5.41) is 4.43. The normalized spacial score (nSPS) is 10.6. The number of carbonyl (C=O) groups excluding carboxylic acids is 2. The lowest BCUT2D eigenvalue weighted by molar-refractivity contribution is 0.0549. The minimum atomic E-state index is -0.801. The van der Waals surface area contributed by atoms with E-state index in [1.165, 1.54) is 31.0 Å². The largest absolute Gasteiger partial charge is 0.465 e. The molecule has 9 heteroatoms. The zero-order chi connectivity index (χ0) is 20.4. The first kappa shape index (κ1) is 20.2. The van der Waals surface area contributed by atoms with Gasteiger partial charge in [0.25, 0.3) is 0 Å². The second-order valence-corrected chi connectivity index (χ2v) is 7.20. The maximum atomic E-state index is 14.1. The molecular weight excluding hydrogens is 499 g/mol. The fourth-order valence-corrected chi connectivity index (χ4v) is 3.52. The van der Waals surface area contributed by atoms with Gasteiger partial charge in [-0.25, -0.2) is 18.7 Å². The quantitative estimate of drug-likeness (QED) is 0.372. The van der Waals surface area contributed by atoms with Crippen molar-refractivity contribution in [1.29, 1.82) is 0 Å². The second-order valence-electron chi connectivity index (χ2n) is 5.55. The summed E-state index contributed by atoms with van der Waals surface area (Å²) < 4.78 is 26.0. The van der Waals surface area contributed by atoms with Crippen LogP contribution in [0, 0.1) is 5.82 Å². The van der Waals surface area contributed by atoms with Crippen molar-refractivity contribution in [3.05, 3.63) is 68.5 Å². The van der Waals surface area contributed by atoms with Crippen molar-refractivity contribution < 1.29 is 23.5 Å². The summed E-state index contributed by atoms with van der Waals surface area (Å²) in [6, 6.07) is 11.2. The van der Waals surface area contributed by atoms with Crippen molar-refractivity contribution >= 4 is 43.8 Å². The number of nitrogens with zero attached hydrogens (tertiary/aromatic N) is 2. The highest BCUT2D eigenvalue weighted by Crippen LogP contribution is 2.38. The smallest absolute Gasteiger partial charge is 0.357 e. The highest BCUT2D eigenvalue weighted by Gasteiger charge is 2.32. The number of aromatic nitrogens is 2. The molecule has 0 aliphatic heterocycles. The summed E-state index contributed by atoms with van der Waals surface area (Å²) in [6.45, 7) is 0. The Morgan fingerprint density at radius 2 is 1.68 bits per heavy atom. The highest BCUT2D eigenvalue weighted by atomic mass is 79.9. The maximum Gasteiger partial charge on any atom is 0.357 e. The van der Waals surface area contributed by atoms with E-state index >= 15 is 0 Å². The van der Waals surface area contributed by atoms with Crippen LogP contribution in [0.25, 0.3) is 16.9 Å². The van der Waals surface area contributed by atoms with Gasteiger partial charge in [0.1, 0.15) is 17.1 Å². The standard InChI is InChI=1S/C19H13Br2FN2O4/c1-27-18(25)14-16(12-8-10(22)9-13(20)15(12)21)23-24(17(14)19(26)28-2)11-6-4-3-5-7-11/h3-9H,1-2H3. The molecule has 1 heterocycles. The monoisotopic (exact) mass is 510 g/mol. The van der Waals surface area contributed by atoms with Gasteiger partial charge in [0, 0.05) is 14.5 Å². The van der Waals surface area contributed by atoms with Gasteiger partial charge < -0.3 is 9.47 Å². The van der Waals surface area contributed by atoms with Crippen LogP contribution in [0.4, 0.5) is 4.39 Å². The van der Waals surface area contributed by atoms with Gasteiger partial charge in [-0.2, -0.15) is 5.10 Å². The van der Waals surface area contributed by atoms with Gasteiger partial charge in [0.15, 0.2) is 5.69 Å². The van der Waals surface area contributed by atoms with Gasteiger partial charge in [-0.1, -0.05) is 18.2 Å². The van der Waals surface area contributed by atoms with Crippen LogP contribution in [0.5, 0.6) is 0 Å². The Morgan fingerprint density at radius 1 is 1.04 bits per heavy atom. The molecule has 0 radical (unpaired) electrons.